The Labute approximate surface area is 179 Å². The summed E-state index contributed by atoms with van der Waals surface area (Å²) in [6, 6.07) is 0. The molecule has 5 atom stereocenters. The standard InChI is InChI=1S/C24H37NO5/c1-23-9-7-21(27)24(2,16-26)20(23)6-4-18(15-25-10-13-29-14-11-25)19(23)5-3-17-8-12-30-22(17)28/h4,8,19-21,26-27H,3,5-7,9-16H2,1-2H3/t19-,20+,21-,23+,24+/m1/s1. The number of hydrogen-bond donors (Lipinski definition) is 2. The third kappa shape index (κ3) is 3.88. The molecule has 0 aromatic carbocycles. The van der Waals surface area contributed by atoms with E-state index >= 15 is 0 Å². The summed E-state index contributed by atoms with van der Waals surface area (Å²) in [5.74, 6) is 0.374. The van der Waals surface area contributed by atoms with Gasteiger partial charge in [0.15, 0.2) is 0 Å². The zero-order valence-corrected chi connectivity index (χ0v) is 18.4. The molecule has 0 bridgehead atoms. The fourth-order valence-corrected chi connectivity index (χ4v) is 6.55. The van der Waals surface area contributed by atoms with E-state index in [-0.39, 0.29) is 23.9 Å². The maximum absolute atomic E-state index is 12.0. The van der Waals surface area contributed by atoms with Gasteiger partial charge < -0.3 is 19.7 Å². The van der Waals surface area contributed by atoms with Crippen molar-refractivity contribution in [1.29, 1.82) is 0 Å². The molecule has 2 aliphatic carbocycles. The summed E-state index contributed by atoms with van der Waals surface area (Å²) in [7, 11) is 0. The molecule has 4 rings (SSSR count). The van der Waals surface area contributed by atoms with Gasteiger partial charge in [0.1, 0.15) is 6.61 Å². The highest BCUT2D eigenvalue weighted by Gasteiger charge is 2.57. The third-order valence-corrected chi connectivity index (χ3v) is 8.53. The van der Waals surface area contributed by atoms with Crippen LogP contribution >= 0.6 is 0 Å². The molecule has 0 radical (unpaired) electrons. The van der Waals surface area contributed by atoms with E-state index in [9.17, 15) is 15.0 Å². The smallest absolute Gasteiger partial charge is 0.334 e. The molecule has 1 saturated carbocycles. The zero-order chi connectivity index (χ0) is 21.4. The number of fused-ring (bicyclic) bond motifs is 1. The molecule has 0 amide bonds. The third-order valence-electron chi connectivity index (χ3n) is 8.53. The Bertz CT molecular complexity index is 712. The Morgan fingerprint density at radius 3 is 2.67 bits per heavy atom. The highest BCUT2D eigenvalue weighted by Crippen LogP contribution is 2.60. The first-order valence-corrected chi connectivity index (χ1v) is 11.5. The largest absolute Gasteiger partial charge is 0.458 e. The highest BCUT2D eigenvalue weighted by atomic mass is 16.5. The predicted octanol–water partition coefficient (Wildman–Crippen LogP) is 2.30. The van der Waals surface area contributed by atoms with Gasteiger partial charge in [-0.2, -0.15) is 0 Å². The van der Waals surface area contributed by atoms with Gasteiger partial charge in [0.25, 0.3) is 0 Å². The van der Waals surface area contributed by atoms with Gasteiger partial charge in [0, 0.05) is 30.6 Å². The van der Waals surface area contributed by atoms with Crippen molar-refractivity contribution in [2.45, 2.75) is 52.1 Å². The normalized spacial score (nSPS) is 39.9. The number of allylic oxidation sites excluding steroid dienone is 1. The van der Waals surface area contributed by atoms with Crippen LogP contribution in [0.25, 0.3) is 0 Å². The fourth-order valence-electron chi connectivity index (χ4n) is 6.55. The molecule has 0 aromatic rings. The molecule has 168 valence electrons. The van der Waals surface area contributed by atoms with Gasteiger partial charge >= 0.3 is 5.97 Å². The van der Waals surface area contributed by atoms with E-state index in [1.165, 1.54) is 5.57 Å². The molecular formula is C24H37NO5. The second-order valence-corrected chi connectivity index (χ2v) is 10.1. The van der Waals surface area contributed by atoms with Crippen LogP contribution in [0.2, 0.25) is 0 Å². The lowest BCUT2D eigenvalue weighted by atomic mass is 9.47. The summed E-state index contributed by atoms with van der Waals surface area (Å²) >= 11 is 0. The van der Waals surface area contributed by atoms with Crippen LogP contribution in [-0.2, 0) is 14.3 Å². The number of carbonyl (C=O) groups is 1. The summed E-state index contributed by atoms with van der Waals surface area (Å²) in [6.45, 7) is 9.22. The molecule has 0 unspecified atom stereocenters. The first kappa shape index (κ1) is 22.0. The second kappa shape index (κ2) is 8.73. The number of cyclic esters (lactones) is 1. The van der Waals surface area contributed by atoms with E-state index in [2.05, 4.69) is 24.8 Å². The van der Waals surface area contributed by atoms with Gasteiger partial charge in [-0.15, -0.1) is 0 Å². The molecule has 2 heterocycles. The lowest BCUT2D eigenvalue weighted by molar-refractivity contribution is -0.145. The maximum atomic E-state index is 12.0. The van der Waals surface area contributed by atoms with Crippen molar-refractivity contribution < 1.29 is 24.5 Å². The molecule has 30 heavy (non-hydrogen) atoms. The molecule has 0 aromatic heterocycles. The fraction of sp³-hybridized carbons (Fsp3) is 0.792. The van der Waals surface area contributed by atoms with Crippen molar-refractivity contribution in [2.75, 3.05) is 46.1 Å². The number of nitrogens with zero attached hydrogens (tertiary/aromatic N) is 1. The number of carbonyl (C=O) groups excluding carboxylic acids is 1. The Kier molecular flexibility index (Phi) is 6.40. The molecule has 6 heteroatoms. The number of morpholine rings is 1. The molecule has 1 saturated heterocycles. The van der Waals surface area contributed by atoms with Crippen LogP contribution in [0.5, 0.6) is 0 Å². The van der Waals surface area contributed by atoms with Crippen molar-refractivity contribution in [1.82, 2.24) is 4.90 Å². The van der Waals surface area contributed by atoms with Gasteiger partial charge in [-0.1, -0.05) is 25.5 Å². The van der Waals surface area contributed by atoms with Crippen LogP contribution in [0, 0.1) is 22.7 Å². The van der Waals surface area contributed by atoms with Crippen LogP contribution in [0.3, 0.4) is 0 Å². The Hall–Kier alpha value is -1.21. The number of aliphatic hydroxyl groups is 2. The molecule has 2 N–H and O–H groups in total. The van der Waals surface area contributed by atoms with E-state index < -0.39 is 11.5 Å². The summed E-state index contributed by atoms with van der Waals surface area (Å²) in [5.41, 5.74) is 1.76. The molecule has 6 nitrogen and oxygen atoms in total. The molecule has 4 aliphatic rings. The zero-order valence-electron chi connectivity index (χ0n) is 18.4. The highest BCUT2D eigenvalue weighted by molar-refractivity contribution is 5.90. The van der Waals surface area contributed by atoms with Crippen molar-refractivity contribution in [3.8, 4) is 0 Å². The van der Waals surface area contributed by atoms with Crippen LogP contribution in [-0.4, -0.2) is 73.2 Å². The minimum Gasteiger partial charge on any atom is -0.458 e. The first-order valence-electron chi connectivity index (χ1n) is 11.5. The SMILES string of the molecule is C[C@]1(CO)[C@H]2CC=C(CN3CCOCC3)[C@@H](CCC3=CCOC3=O)[C@]2(C)CC[C@H]1O. The van der Waals surface area contributed by atoms with E-state index in [0.717, 1.165) is 70.5 Å². The second-order valence-electron chi connectivity index (χ2n) is 10.1. The Balaban J connectivity index is 1.61. The van der Waals surface area contributed by atoms with Crippen LogP contribution in [0.1, 0.15) is 46.0 Å². The van der Waals surface area contributed by atoms with E-state index in [0.29, 0.717) is 12.5 Å². The van der Waals surface area contributed by atoms with E-state index in [4.69, 9.17) is 9.47 Å². The number of esters is 1. The van der Waals surface area contributed by atoms with Gasteiger partial charge in [0.05, 0.1) is 25.9 Å². The quantitative estimate of drug-likeness (QED) is 0.508. The van der Waals surface area contributed by atoms with Gasteiger partial charge in [-0.25, -0.2) is 4.79 Å². The average Bonchev–Trinajstić information content (AvgIpc) is 3.16. The van der Waals surface area contributed by atoms with Gasteiger partial charge in [0.2, 0.25) is 0 Å². The number of hydrogen-bond acceptors (Lipinski definition) is 6. The molecule has 2 fully saturated rings. The predicted molar refractivity (Wildman–Crippen MR) is 114 cm³/mol. The number of rotatable bonds is 6. The summed E-state index contributed by atoms with van der Waals surface area (Å²) in [6.07, 6.45) is 8.01. The molecule has 2 aliphatic heterocycles. The van der Waals surface area contributed by atoms with Crippen molar-refractivity contribution in [3.63, 3.8) is 0 Å². The summed E-state index contributed by atoms with van der Waals surface area (Å²) in [4.78, 5) is 14.5. The first-order chi connectivity index (χ1) is 14.4. The molecule has 0 spiro atoms. The van der Waals surface area contributed by atoms with E-state index in [1.807, 2.05) is 6.08 Å². The maximum Gasteiger partial charge on any atom is 0.334 e. The van der Waals surface area contributed by atoms with Crippen LogP contribution in [0.15, 0.2) is 23.3 Å². The van der Waals surface area contributed by atoms with Crippen molar-refractivity contribution in [3.05, 3.63) is 23.3 Å². The van der Waals surface area contributed by atoms with Crippen LogP contribution in [0.4, 0.5) is 0 Å². The van der Waals surface area contributed by atoms with Crippen LogP contribution < -0.4 is 0 Å². The number of aliphatic hydroxyl groups excluding tert-OH is 2. The lowest BCUT2D eigenvalue weighted by Crippen LogP contribution is -2.57. The average molecular weight is 420 g/mol. The van der Waals surface area contributed by atoms with Crippen molar-refractivity contribution in [2.24, 2.45) is 22.7 Å². The minimum atomic E-state index is -0.488. The summed E-state index contributed by atoms with van der Waals surface area (Å²) in [5, 5.41) is 21.0. The minimum absolute atomic E-state index is 0.00382. The monoisotopic (exact) mass is 419 g/mol. The van der Waals surface area contributed by atoms with Crippen molar-refractivity contribution >= 4 is 5.97 Å². The lowest BCUT2D eigenvalue weighted by Gasteiger charge is -2.59. The molecular weight excluding hydrogens is 382 g/mol. The van der Waals surface area contributed by atoms with Gasteiger partial charge in [-0.3, -0.25) is 4.90 Å². The topological polar surface area (TPSA) is 79.2 Å². The van der Waals surface area contributed by atoms with Gasteiger partial charge in [-0.05, 0) is 55.4 Å². The summed E-state index contributed by atoms with van der Waals surface area (Å²) < 4.78 is 10.6. The van der Waals surface area contributed by atoms with E-state index in [1.54, 1.807) is 0 Å². The number of ether oxygens (including phenoxy) is 2. The Morgan fingerprint density at radius 2 is 2.00 bits per heavy atom. The Morgan fingerprint density at radius 1 is 1.23 bits per heavy atom.